The Morgan fingerprint density at radius 3 is 2.08 bits per heavy atom. The molecule has 0 aliphatic heterocycles. The molecule has 1 N–H and O–H groups in total. The first-order valence-electron chi connectivity index (χ1n) is 13.0. The summed E-state index contributed by atoms with van der Waals surface area (Å²) in [5.74, 6) is 0.547. The fourth-order valence-corrected chi connectivity index (χ4v) is 4.65. The molecule has 0 saturated carbocycles. The fourth-order valence-electron chi connectivity index (χ4n) is 4.65. The summed E-state index contributed by atoms with van der Waals surface area (Å²) >= 11 is 0. The van der Waals surface area contributed by atoms with Crippen LogP contribution in [0.3, 0.4) is 0 Å². The van der Waals surface area contributed by atoms with Gasteiger partial charge in [-0.05, 0) is 62.4 Å². The summed E-state index contributed by atoms with van der Waals surface area (Å²) in [6, 6.07) is 16.2. The molecule has 0 aliphatic carbocycles. The fraction of sp³-hybridized carbons (Fsp3) is 0.438. The van der Waals surface area contributed by atoms with Gasteiger partial charge in [-0.2, -0.15) is 0 Å². The van der Waals surface area contributed by atoms with Crippen LogP contribution in [0.4, 0.5) is 0 Å². The van der Waals surface area contributed by atoms with Gasteiger partial charge in [0.1, 0.15) is 0 Å². The minimum atomic E-state index is 0. The monoisotopic (exact) mass is 665 g/mol. The molecule has 3 rings (SSSR count). The molecule has 0 atom stereocenters. The first kappa shape index (κ1) is 31.7. The van der Waals surface area contributed by atoms with Gasteiger partial charge in [-0.3, -0.25) is 9.78 Å². The molecular weight excluding hydrogens is 623 g/mol. The zero-order chi connectivity index (χ0) is 26.1. The first-order valence-corrected chi connectivity index (χ1v) is 13.0. The van der Waals surface area contributed by atoms with Gasteiger partial charge < -0.3 is 5.11 Å². The van der Waals surface area contributed by atoms with E-state index in [2.05, 4.69) is 70.2 Å². The van der Waals surface area contributed by atoms with Gasteiger partial charge in [-0.1, -0.05) is 59.7 Å². The van der Waals surface area contributed by atoms with Gasteiger partial charge in [0.15, 0.2) is 5.78 Å². The van der Waals surface area contributed by atoms with Crippen molar-refractivity contribution < 1.29 is 30.0 Å². The Kier molecular flexibility index (Phi) is 13.3. The number of aliphatic hydroxyl groups is 1. The van der Waals surface area contributed by atoms with Gasteiger partial charge in [0, 0.05) is 43.4 Å². The Morgan fingerprint density at radius 1 is 0.917 bits per heavy atom. The van der Waals surface area contributed by atoms with E-state index in [-0.39, 0.29) is 43.5 Å². The largest absolute Gasteiger partial charge is 0.512 e. The van der Waals surface area contributed by atoms with Crippen LogP contribution < -0.4 is 0 Å². The number of aliphatic hydroxyl groups excluding tert-OH is 1. The molecule has 0 spiro atoms. The molecule has 36 heavy (non-hydrogen) atoms. The van der Waals surface area contributed by atoms with Crippen LogP contribution in [0, 0.1) is 45.6 Å². The maximum Gasteiger partial charge on any atom is 0.162 e. The van der Waals surface area contributed by atoms with Crippen molar-refractivity contribution in [1.82, 2.24) is 4.98 Å². The summed E-state index contributed by atoms with van der Waals surface area (Å²) in [5, 5.41) is 11.0. The number of rotatable bonds is 8. The number of allylic oxidation sites excluding steroid dienone is 2. The van der Waals surface area contributed by atoms with Gasteiger partial charge in [0.05, 0.1) is 11.3 Å². The van der Waals surface area contributed by atoms with Crippen molar-refractivity contribution in [3.8, 4) is 11.3 Å². The number of carbonyl (C=O) groups is 1. The number of hydrogen-bond donors (Lipinski definition) is 1. The van der Waals surface area contributed by atoms with E-state index in [1.807, 2.05) is 27.7 Å². The van der Waals surface area contributed by atoms with Crippen molar-refractivity contribution in [3.63, 3.8) is 0 Å². The minimum Gasteiger partial charge on any atom is -0.512 e. The second kappa shape index (κ2) is 15.1. The third-order valence-corrected chi connectivity index (χ3v) is 6.75. The number of ketones is 1. The number of carbonyl (C=O) groups excluding carboxylic acids is 1. The van der Waals surface area contributed by atoms with Crippen molar-refractivity contribution in [2.75, 3.05) is 0 Å². The van der Waals surface area contributed by atoms with Crippen LogP contribution in [0.15, 0.2) is 48.2 Å². The Hall–Kier alpha value is -2.29. The Morgan fingerprint density at radius 2 is 1.53 bits per heavy atom. The third kappa shape index (κ3) is 8.39. The van der Waals surface area contributed by atoms with Crippen molar-refractivity contribution >= 4 is 16.7 Å². The van der Waals surface area contributed by atoms with Crippen LogP contribution in [0.5, 0.6) is 0 Å². The number of nitrogens with zero attached hydrogens (tertiary/aromatic N) is 1. The smallest absolute Gasteiger partial charge is 0.162 e. The second-order valence-electron chi connectivity index (χ2n) is 9.55. The van der Waals surface area contributed by atoms with Crippen LogP contribution in [-0.2, 0) is 24.9 Å². The Labute approximate surface area is 231 Å². The molecule has 0 unspecified atom stereocenters. The van der Waals surface area contributed by atoms with E-state index in [4.69, 9.17) is 4.98 Å². The van der Waals surface area contributed by atoms with Crippen molar-refractivity contribution in [3.05, 3.63) is 76.6 Å². The standard InChI is InChI=1S/C19H18N.C13H24O2.Ir/c1-12-8-13(2)10-16(9-12)18-11-15(4)19-14(3)6-5-7-17(19)20-18;1-5-10(6-2)12(14)9-13(15)11(7-3)8-4;/h5-9,11H,1-4H3;9-11,14H,5-8H2,1-4H3;/q-1;;/b;12-9-;. The molecule has 0 bridgehead atoms. The average Bonchev–Trinajstić information content (AvgIpc) is 2.80. The van der Waals surface area contributed by atoms with Crippen LogP contribution >= 0.6 is 0 Å². The van der Waals surface area contributed by atoms with Crippen LogP contribution in [0.25, 0.3) is 22.2 Å². The summed E-state index contributed by atoms with van der Waals surface area (Å²) in [6.07, 6.45) is 4.91. The van der Waals surface area contributed by atoms with E-state index in [0.717, 1.165) is 48.0 Å². The van der Waals surface area contributed by atoms with Crippen LogP contribution in [0.1, 0.15) is 75.6 Å². The van der Waals surface area contributed by atoms with Gasteiger partial charge in [0.2, 0.25) is 0 Å². The van der Waals surface area contributed by atoms with Crippen molar-refractivity contribution in [2.45, 2.75) is 81.1 Å². The van der Waals surface area contributed by atoms with E-state index in [1.165, 1.54) is 28.2 Å². The quantitative estimate of drug-likeness (QED) is 0.149. The Bertz CT molecular complexity index is 1150. The van der Waals surface area contributed by atoms with E-state index in [0.29, 0.717) is 0 Å². The average molecular weight is 665 g/mol. The van der Waals surface area contributed by atoms with E-state index in [1.54, 1.807) is 0 Å². The summed E-state index contributed by atoms with van der Waals surface area (Å²) in [7, 11) is 0. The molecule has 0 fully saturated rings. The maximum atomic E-state index is 11.7. The number of aromatic nitrogens is 1. The zero-order valence-electron chi connectivity index (χ0n) is 23.2. The number of hydrogen-bond acceptors (Lipinski definition) is 3. The van der Waals surface area contributed by atoms with Gasteiger partial charge in [0.25, 0.3) is 0 Å². The first-order chi connectivity index (χ1) is 16.6. The molecule has 1 heterocycles. The number of benzene rings is 2. The predicted octanol–water partition coefficient (Wildman–Crippen LogP) is 8.80. The maximum absolute atomic E-state index is 11.7. The topological polar surface area (TPSA) is 50.2 Å². The van der Waals surface area contributed by atoms with Crippen molar-refractivity contribution in [2.24, 2.45) is 11.8 Å². The zero-order valence-corrected chi connectivity index (χ0v) is 25.6. The third-order valence-electron chi connectivity index (χ3n) is 6.75. The van der Waals surface area contributed by atoms with Crippen molar-refractivity contribution in [1.29, 1.82) is 0 Å². The molecule has 1 radical (unpaired) electrons. The Balaban J connectivity index is 0.000000367. The second-order valence-corrected chi connectivity index (χ2v) is 9.55. The molecule has 2 aromatic carbocycles. The molecule has 0 saturated heterocycles. The summed E-state index contributed by atoms with van der Waals surface area (Å²) < 4.78 is 0. The van der Waals surface area contributed by atoms with Gasteiger partial charge >= 0.3 is 0 Å². The number of fused-ring (bicyclic) bond motifs is 1. The van der Waals surface area contributed by atoms with Gasteiger partial charge in [-0.25, -0.2) is 0 Å². The predicted molar refractivity (Wildman–Crippen MR) is 149 cm³/mol. The molecule has 0 amide bonds. The van der Waals surface area contributed by atoms with Crippen LogP contribution in [0.2, 0.25) is 0 Å². The van der Waals surface area contributed by atoms with E-state index < -0.39 is 0 Å². The summed E-state index contributed by atoms with van der Waals surface area (Å²) in [5.41, 5.74) is 8.11. The molecule has 3 nitrogen and oxygen atoms in total. The number of aryl methyl sites for hydroxylation is 4. The summed E-state index contributed by atoms with van der Waals surface area (Å²) in [6.45, 7) is 16.6. The molecule has 3 aromatic rings. The molecule has 197 valence electrons. The molecule has 4 heteroatoms. The van der Waals surface area contributed by atoms with E-state index >= 15 is 0 Å². The molecule has 1 aromatic heterocycles. The van der Waals surface area contributed by atoms with Crippen LogP contribution in [-0.4, -0.2) is 15.9 Å². The van der Waals surface area contributed by atoms with E-state index in [9.17, 15) is 9.90 Å². The molecular formula is C32H42IrNO2-. The normalized spacial score (nSPS) is 11.3. The number of pyridine rings is 1. The SMILES string of the molecule is CCC(CC)C(=O)/C=C(\O)C(CC)CC.Cc1[c-]c(-c2cc(C)c3c(C)cccc3n2)cc(C)c1.[Ir]. The van der Waals surface area contributed by atoms with Gasteiger partial charge in [-0.15, -0.1) is 34.9 Å². The minimum absolute atomic E-state index is 0. The summed E-state index contributed by atoms with van der Waals surface area (Å²) in [4.78, 5) is 16.5. The molecule has 0 aliphatic rings.